The summed E-state index contributed by atoms with van der Waals surface area (Å²) in [4.78, 5) is 10.8. The quantitative estimate of drug-likeness (QED) is 0.510. The molecule has 15 heavy (non-hydrogen) atoms. The molecular weight excluding hydrogens is 214 g/mol. The molecule has 0 aromatic heterocycles. The lowest BCUT2D eigenvalue weighted by molar-refractivity contribution is -0.427. The first kappa shape index (κ1) is 12.8. The van der Waals surface area contributed by atoms with Crippen LogP contribution in [0.5, 0.6) is 0 Å². The standard InChI is InChI=1S/C10H19NO3S/c1-14-9(12)5-3-2-4-8-10(13)7(11)6-15-8/h7-8,10,13H,2-6,11H2,1H3/p+1/t7-,8+,10+/m1/s1. The molecule has 0 aliphatic carbocycles. The molecular formula is C10H20NO3S+. The van der Waals surface area contributed by atoms with Gasteiger partial charge in [-0.05, 0) is 12.8 Å². The van der Waals surface area contributed by atoms with Crippen molar-refractivity contribution < 1.29 is 20.4 Å². The van der Waals surface area contributed by atoms with Gasteiger partial charge in [-0.3, -0.25) is 4.79 Å². The third-order valence-electron chi connectivity index (χ3n) is 2.74. The van der Waals surface area contributed by atoms with E-state index in [-0.39, 0.29) is 18.1 Å². The van der Waals surface area contributed by atoms with Gasteiger partial charge in [0.2, 0.25) is 0 Å². The molecule has 0 amide bonds. The fourth-order valence-electron chi connectivity index (χ4n) is 1.72. The smallest absolute Gasteiger partial charge is 0.305 e. The summed E-state index contributed by atoms with van der Waals surface area (Å²) in [5.74, 6) is 0.799. The van der Waals surface area contributed by atoms with Gasteiger partial charge in [-0.15, -0.1) is 11.8 Å². The Morgan fingerprint density at radius 3 is 2.87 bits per heavy atom. The maximum Gasteiger partial charge on any atom is 0.305 e. The van der Waals surface area contributed by atoms with Crippen LogP contribution >= 0.6 is 11.8 Å². The van der Waals surface area contributed by atoms with Crippen LogP contribution in [-0.2, 0) is 9.53 Å². The van der Waals surface area contributed by atoms with E-state index in [1.54, 1.807) is 11.8 Å². The zero-order chi connectivity index (χ0) is 11.3. The minimum absolute atomic E-state index is 0.148. The van der Waals surface area contributed by atoms with Gasteiger partial charge in [0.25, 0.3) is 0 Å². The zero-order valence-corrected chi connectivity index (χ0v) is 9.96. The third-order valence-corrected chi connectivity index (χ3v) is 4.30. The summed E-state index contributed by atoms with van der Waals surface area (Å²) < 4.78 is 4.56. The molecule has 1 aliphatic heterocycles. The van der Waals surface area contributed by atoms with E-state index in [0.717, 1.165) is 25.0 Å². The zero-order valence-electron chi connectivity index (χ0n) is 9.15. The molecule has 4 nitrogen and oxygen atoms in total. The highest BCUT2D eigenvalue weighted by molar-refractivity contribution is 8.00. The number of ether oxygens (including phenoxy) is 1. The van der Waals surface area contributed by atoms with Crippen molar-refractivity contribution in [3.8, 4) is 0 Å². The highest BCUT2D eigenvalue weighted by Crippen LogP contribution is 2.29. The Labute approximate surface area is 94.6 Å². The number of methoxy groups -OCH3 is 1. The fraction of sp³-hybridized carbons (Fsp3) is 0.900. The average molecular weight is 234 g/mol. The van der Waals surface area contributed by atoms with E-state index in [9.17, 15) is 9.90 Å². The second-order valence-electron chi connectivity index (χ2n) is 3.94. The Kier molecular flexibility index (Phi) is 5.42. The van der Waals surface area contributed by atoms with Crippen molar-refractivity contribution in [2.75, 3.05) is 12.9 Å². The van der Waals surface area contributed by atoms with E-state index in [2.05, 4.69) is 10.5 Å². The van der Waals surface area contributed by atoms with Gasteiger partial charge in [-0.1, -0.05) is 6.42 Å². The second kappa shape index (κ2) is 6.35. The van der Waals surface area contributed by atoms with Crippen LogP contribution in [0.1, 0.15) is 25.7 Å². The summed E-state index contributed by atoms with van der Waals surface area (Å²) in [6.45, 7) is 0. The summed E-state index contributed by atoms with van der Waals surface area (Å²) in [6, 6.07) is 0.167. The summed E-state index contributed by atoms with van der Waals surface area (Å²) in [5, 5.41) is 10.0. The number of hydrogen-bond donors (Lipinski definition) is 2. The molecule has 3 atom stereocenters. The minimum Gasteiger partial charge on any atom is -0.469 e. The van der Waals surface area contributed by atoms with Crippen molar-refractivity contribution in [3.05, 3.63) is 0 Å². The van der Waals surface area contributed by atoms with Crippen LogP contribution in [0.3, 0.4) is 0 Å². The molecule has 88 valence electrons. The minimum atomic E-state index is -0.270. The van der Waals surface area contributed by atoms with E-state index in [0.29, 0.717) is 11.7 Å². The average Bonchev–Trinajstić information content (AvgIpc) is 2.55. The number of unbranched alkanes of at least 4 members (excludes halogenated alkanes) is 1. The second-order valence-corrected chi connectivity index (χ2v) is 5.22. The van der Waals surface area contributed by atoms with E-state index >= 15 is 0 Å². The van der Waals surface area contributed by atoms with Crippen molar-refractivity contribution in [2.45, 2.75) is 43.1 Å². The SMILES string of the molecule is COC(=O)CCCC[C@@H]1SC[C@@H]([NH3+])[C@@H]1O. The molecule has 0 unspecified atom stereocenters. The summed E-state index contributed by atoms with van der Waals surface area (Å²) >= 11 is 1.79. The van der Waals surface area contributed by atoms with Crippen molar-refractivity contribution in [3.63, 3.8) is 0 Å². The van der Waals surface area contributed by atoms with Crippen LogP contribution in [0.2, 0.25) is 0 Å². The van der Waals surface area contributed by atoms with E-state index < -0.39 is 0 Å². The first-order valence-corrected chi connectivity index (χ1v) is 6.39. The number of hydrogen-bond acceptors (Lipinski definition) is 4. The normalized spacial score (nSPS) is 30.5. The van der Waals surface area contributed by atoms with Crippen molar-refractivity contribution in [2.24, 2.45) is 0 Å². The van der Waals surface area contributed by atoms with Gasteiger partial charge in [0, 0.05) is 17.4 Å². The number of carbonyl (C=O) groups is 1. The fourth-order valence-corrected chi connectivity index (χ4v) is 3.16. The topological polar surface area (TPSA) is 74.2 Å². The first-order chi connectivity index (χ1) is 7.15. The molecule has 5 heteroatoms. The molecule has 1 rings (SSSR count). The third kappa shape index (κ3) is 4.01. The molecule has 0 bridgehead atoms. The first-order valence-electron chi connectivity index (χ1n) is 5.34. The highest BCUT2D eigenvalue weighted by Gasteiger charge is 2.34. The maximum absolute atomic E-state index is 10.8. The monoisotopic (exact) mass is 234 g/mol. The maximum atomic E-state index is 10.8. The van der Waals surface area contributed by atoms with Gasteiger partial charge in [0.15, 0.2) is 0 Å². The van der Waals surface area contributed by atoms with Gasteiger partial charge in [0.1, 0.15) is 12.1 Å². The molecule has 1 heterocycles. The molecule has 0 spiro atoms. The predicted octanol–water partition coefficient (Wildman–Crippen LogP) is -0.193. The number of carbonyl (C=O) groups excluding carboxylic acids is 1. The van der Waals surface area contributed by atoms with Crippen LogP contribution in [0, 0.1) is 0 Å². The molecule has 4 N–H and O–H groups in total. The molecule has 1 saturated heterocycles. The molecule has 1 aliphatic rings. The Morgan fingerprint density at radius 1 is 1.60 bits per heavy atom. The van der Waals surface area contributed by atoms with Crippen molar-refractivity contribution >= 4 is 17.7 Å². The van der Waals surface area contributed by atoms with Crippen LogP contribution in [0.15, 0.2) is 0 Å². The Balaban J connectivity index is 2.08. The number of aliphatic hydroxyl groups excluding tert-OH is 1. The van der Waals surface area contributed by atoms with Gasteiger partial charge < -0.3 is 15.6 Å². The summed E-state index contributed by atoms with van der Waals surface area (Å²) in [6.07, 6.45) is 3.00. The Hall–Kier alpha value is -0.260. The summed E-state index contributed by atoms with van der Waals surface area (Å²) in [5.41, 5.74) is 3.89. The van der Waals surface area contributed by atoms with E-state index in [1.165, 1.54) is 7.11 Å². The largest absolute Gasteiger partial charge is 0.469 e. The lowest BCUT2D eigenvalue weighted by Gasteiger charge is -2.13. The molecule has 1 fully saturated rings. The van der Waals surface area contributed by atoms with Crippen molar-refractivity contribution in [1.29, 1.82) is 0 Å². The molecule has 0 aromatic carbocycles. The van der Waals surface area contributed by atoms with Crippen LogP contribution in [0.25, 0.3) is 0 Å². The van der Waals surface area contributed by atoms with E-state index in [1.807, 2.05) is 0 Å². The number of thioether (sulfide) groups is 1. The number of quaternary nitrogens is 1. The lowest BCUT2D eigenvalue weighted by atomic mass is 10.0. The van der Waals surface area contributed by atoms with Crippen molar-refractivity contribution in [1.82, 2.24) is 0 Å². The molecule has 0 saturated carbocycles. The number of rotatable bonds is 5. The molecule has 0 radical (unpaired) electrons. The Morgan fingerprint density at radius 2 is 2.33 bits per heavy atom. The van der Waals surface area contributed by atoms with Gasteiger partial charge in [-0.2, -0.15) is 0 Å². The number of aliphatic hydroxyl groups is 1. The molecule has 0 aromatic rings. The predicted molar refractivity (Wildman–Crippen MR) is 59.4 cm³/mol. The van der Waals surface area contributed by atoms with Gasteiger partial charge in [0.05, 0.1) is 7.11 Å². The van der Waals surface area contributed by atoms with Crippen LogP contribution in [-0.4, -0.2) is 41.3 Å². The van der Waals surface area contributed by atoms with E-state index in [4.69, 9.17) is 0 Å². The Bertz CT molecular complexity index is 213. The lowest BCUT2D eigenvalue weighted by Crippen LogP contribution is -2.66. The highest BCUT2D eigenvalue weighted by atomic mass is 32.2. The van der Waals surface area contributed by atoms with Crippen LogP contribution in [0.4, 0.5) is 0 Å². The van der Waals surface area contributed by atoms with Crippen LogP contribution < -0.4 is 5.73 Å². The summed E-state index contributed by atoms with van der Waals surface area (Å²) in [7, 11) is 1.41. The number of esters is 1. The van der Waals surface area contributed by atoms with Gasteiger partial charge >= 0.3 is 5.97 Å². The van der Waals surface area contributed by atoms with Gasteiger partial charge in [-0.25, -0.2) is 0 Å².